The van der Waals surface area contributed by atoms with Crippen LogP contribution >= 0.6 is 15.9 Å². The van der Waals surface area contributed by atoms with Crippen LogP contribution < -0.4 is 0 Å². The van der Waals surface area contributed by atoms with Gasteiger partial charge in [0.2, 0.25) is 12.6 Å². The average molecular weight is 1340 g/mol. The van der Waals surface area contributed by atoms with Crippen LogP contribution in [0.3, 0.4) is 0 Å². The van der Waals surface area contributed by atoms with Gasteiger partial charge in [-0.15, -0.1) is 0 Å². The zero-order valence-corrected chi connectivity index (χ0v) is 49.7. The molecule has 19 nitrogen and oxygen atoms in total. The standard InChI is InChI=1S/C18H21F3O5.C17H20BrF3O4.C11H7F3O5.C10H5F3O5/c1-16(2,3)25-14(23)11-8-13(18(19,20)21)12(7-10(11)9-22)15(24)26-17(4,5)6;1-15(2,3)24-13(22)9-8-12(18)10(7-11(9)17(19,20)21)14(23)25-16(4,5)6;1-18-10-5-2-6(8(15)16)7(11(12,13)14)3-4(5)9(17)19-10;11-10(12,13)6-2-4-3(1-5(6)7(14)15)8(16)18-9(4)17/h7-9H,1-6H3;7-8H,1-6H3;2-3,10H,1H3,(H,15,16);1-2,8,16H,(H,14,15). The number of carbonyl (C=O) groups excluding carboxylic acids is 7. The highest BCUT2D eigenvalue weighted by atomic mass is 79.9. The Morgan fingerprint density at radius 3 is 1.10 bits per heavy atom. The van der Waals surface area contributed by atoms with Crippen molar-refractivity contribution in [1.29, 1.82) is 0 Å². The van der Waals surface area contributed by atoms with E-state index < -0.39 is 169 Å². The summed E-state index contributed by atoms with van der Waals surface area (Å²) in [5.74, 6) is -10.1. The quantitative estimate of drug-likeness (QED) is 0.0640. The highest BCUT2D eigenvalue weighted by molar-refractivity contribution is 9.10. The molecule has 2 aliphatic heterocycles. The predicted molar refractivity (Wildman–Crippen MR) is 279 cm³/mol. The van der Waals surface area contributed by atoms with Crippen LogP contribution in [0.4, 0.5) is 52.7 Å². The molecule has 32 heteroatoms. The molecule has 0 bridgehead atoms. The fourth-order valence-corrected chi connectivity index (χ4v) is 7.70. The second kappa shape index (κ2) is 26.7. The number of cyclic esters (lactones) is 2. The van der Waals surface area contributed by atoms with Crippen molar-refractivity contribution in [2.75, 3.05) is 7.11 Å². The van der Waals surface area contributed by atoms with Crippen LogP contribution in [-0.4, -0.2) is 98.9 Å². The number of aliphatic hydroxyl groups is 1. The van der Waals surface area contributed by atoms with E-state index in [0.29, 0.717) is 36.4 Å². The number of carbonyl (C=O) groups is 9. The number of rotatable bonds is 8. The first-order chi connectivity index (χ1) is 39.5. The highest BCUT2D eigenvalue weighted by Crippen LogP contribution is 2.42. The molecule has 88 heavy (non-hydrogen) atoms. The summed E-state index contributed by atoms with van der Waals surface area (Å²) < 4.78 is 190. The SMILES string of the molecule is CC(C)(C)OC(=O)c1cc(C(F)(F)F)c(C(=O)OC(C)(C)C)cc1Br.CC(C)(C)OC(=O)c1cc(C(F)(F)F)c(C(=O)OC(C)(C)C)cc1C=O.COC1OC(=O)c2cc(C(F)(F)F)c(C(=O)O)cc21.O=C1OC(O)c2cc(C(=O)O)c(C(F)(F)F)cc21. The summed E-state index contributed by atoms with van der Waals surface area (Å²) in [4.78, 5) is 104. The van der Waals surface area contributed by atoms with E-state index in [1.807, 2.05) is 0 Å². The van der Waals surface area contributed by atoms with Gasteiger partial charge in [0.05, 0.1) is 66.8 Å². The van der Waals surface area contributed by atoms with Gasteiger partial charge >= 0.3 is 72.5 Å². The summed E-state index contributed by atoms with van der Waals surface area (Å²) in [6.07, 6.45) is -22.3. The smallest absolute Gasteiger partial charge is 0.417 e. The number of aromatic carboxylic acids is 2. The van der Waals surface area contributed by atoms with Crippen molar-refractivity contribution in [3.63, 3.8) is 0 Å². The van der Waals surface area contributed by atoms with E-state index in [0.717, 1.165) is 12.1 Å². The second-order valence-electron chi connectivity index (χ2n) is 22.3. The maximum absolute atomic E-state index is 13.4. The van der Waals surface area contributed by atoms with E-state index >= 15 is 0 Å². The zero-order valence-electron chi connectivity index (χ0n) is 48.1. The van der Waals surface area contributed by atoms with Gasteiger partial charge in [-0.25, -0.2) is 38.4 Å². The Morgan fingerprint density at radius 1 is 0.455 bits per heavy atom. The lowest BCUT2D eigenvalue weighted by Crippen LogP contribution is -2.27. The maximum atomic E-state index is 13.4. The van der Waals surface area contributed by atoms with E-state index in [-0.39, 0.29) is 33.0 Å². The van der Waals surface area contributed by atoms with E-state index in [1.54, 1.807) is 41.5 Å². The normalized spacial score (nSPS) is 15.0. The number of ether oxygens (including phenoxy) is 7. The Bertz CT molecular complexity index is 3410. The van der Waals surface area contributed by atoms with E-state index in [9.17, 15) is 101 Å². The number of aliphatic hydroxyl groups excluding tert-OH is 1. The van der Waals surface area contributed by atoms with Gasteiger partial charge in [0.25, 0.3) is 0 Å². The molecule has 0 aromatic heterocycles. The molecule has 0 spiro atoms. The molecule has 3 N–H and O–H groups in total. The van der Waals surface area contributed by atoms with Crippen LogP contribution in [0.5, 0.6) is 0 Å². The maximum Gasteiger partial charge on any atom is 0.417 e. The van der Waals surface area contributed by atoms with Gasteiger partial charge in [-0.2, -0.15) is 52.7 Å². The molecule has 0 radical (unpaired) electrons. The van der Waals surface area contributed by atoms with E-state index in [2.05, 4.69) is 25.4 Å². The monoisotopic (exact) mass is 1340 g/mol. The number of esters is 6. The number of hydrogen-bond acceptors (Lipinski definition) is 17. The van der Waals surface area contributed by atoms with Crippen LogP contribution in [-0.2, 0) is 57.9 Å². The summed E-state index contributed by atoms with van der Waals surface area (Å²) in [5, 5.41) is 26.8. The number of benzene rings is 4. The van der Waals surface area contributed by atoms with Crippen molar-refractivity contribution < 1.29 is 144 Å². The number of fused-ring (bicyclic) bond motifs is 2. The molecule has 0 amide bonds. The third kappa shape index (κ3) is 19.9. The molecule has 4 aromatic carbocycles. The van der Waals surface area contributed by atoms with Crippen LogP contribution in [0, 0.1) is 0 Å². The number of carboxylic acids is 2. The first kappa shape index (κ1) is 74.1. The number of aldehydes is 1. The molecule has 2 heterocycles. The van der Waals surface area contributed by atoms with Gasteiger partial charge < -0.3 is 48.5 Å². The fourth-order valence-electron chi connectivity index (χ4n) is 7.20. The molecule has 482 valence electrons. The summed E-state index contributed by atoms with van der Waals surface area (Å²) in [5.41, 5.74) is -15.3. The number of carboxylic acid groups (broad SMARTS) is 2. The first-order valence-electron chi connectivity index (χ1n) is 24.7. The third-order valence-corrected chi connectivity index (χ3v) is 11.2. The van der Waals surface area contributed by atoms with Crippen molar-refractivity contribution in [2.45, 2.75) is 143 Å². The summed E-state index contributed by atoms with van der Waals surface area (Å²) in [6, 6.07) is 4.85. The Balaban J connectivity index is 0.000000310. The van der Waals surface area contributed by atoms with Gasteiger partial charge in [0, 0.05) is 28.3 Å². The molecule has 2 unspecified atom stereocenters. The van der Waals surface area contributed by atoms with Crippen LogP contribution in [0.1, 0.15) is 222 Å². The minimum Gasteiger partial charge on any atom is -0.478 e. The van der Waals surface area contributed by atoms with Crippen molar-refractivity contribution >= 4 is 70.0 Å². The minimum atomic E-state index is -4.94. The molecular formula is C56H53BrF12O19. The lowest BCUT2D eigenvalue weighted by Gasteiger charge is -2.23. The average Bonchev–Trinajstić information content (AvgIpc) is 1.49. The molecule has 0 saturated carbocycles. The molecule has 4 aromatic rings. The van der Waals surface area contributed by atoms with Gasteiger partial charge in [-0.05, 0) is 148 Å². The largest absolute Gasteiger partial charge is 0.478 e. The van der Waals surface area contributed by atoms with E-state index in [1.165, 1.54) is 48.7 Å². The molecule has 0 saturated heterocycles. The molecule has 2 atom stereocenters. The number of methoxy groups -OCH3 is 1. The Hall–Kier alpha value is -8.13. The zero-order chi connectivity index (χ0) is 68.3. The minimum absolute atomic E-state index is 0.00982. The lowest BCUT2D eigenvalue weighted by molar-refractivity contribution is -0.139. The number of halogens is 13. The summed E-state index contributed by atoms with van der Waals surface area (Å²) in [7, 11) is 1.19. The summed E-state index contributed by atoms with van der Waals surface area (Å²) >= 11 is 3.03. The van der Waals surface area contributed by atoms with Crippen LogP contribution in [0.25, 0.3) is 0 Å². The number of alkyl halides is 12. The van der Waals surface area contributed by atoms with E-state index in [4.69, 9.17) is 33.9 Å². The van der Waals surface area contributed by atoms with Crippen molar-refractivity contribution in [2.24, 2.45) is 0 Å². The Labute approximate surface area is 499 Å². The molecular weight excluding hydrogens is 1280 g/mol. The molecule has 0 fully saturated rings. The topological polar surface area (TPSA) is 279 Å². The molecule has 2 aliphatic rings. The summed E-state index contributed by atoms with van der Waals surface area (Å²) in [6.45, 7) is 18.5. The van der Waals surface area contributed by atoms with Gasteiger partial charge in [-0.1, -0.05) is 0 Å². The van der Waals surface area contributed by atoms with Crippen LogP contribution in [0.2, 0.25) is 0 Å². The molecule has 6 rings (SSSR count). The van der Waals surface area contributed by atoms with Crippen molar-refractivity contribution in [3.8, 4) is 0 Å². The van der Waals surface area contributed by atoms with Gasteiger partial charge in [0.1, 0.15) is 22.4 Å². The highest BCUT2D eigenvalue weighted by Gasteiger charge is 2.44. The van der Waals surface area contributed by atoms with Gasteiger partial charge in [0.15, 0.2) is 6.29 Å². The first-order valence-corrected chi connectivity index (χ1v) is 25.5. The molecule has 0 aliphatic carbocycles. The Morgan fingerprint density at radius 2 is 0.761 bits per heavy atom. The van der Waals surface area contributed by atoms with Crippen LogP contribution in [0.15, 0.2) is 53.0 Å². The second-order valence-corrected chi connectivity index (χ2v) is 23.1. The van der Waals surface area contributed by atoms with Crippen molar-refractivity contribution in [1.82, 2.24) is 0 Å². The fraction of sp³-hybridized carbons (Fsp3) is 0.411. The predicted octanol–water partition coefficient (Wildman–Crippen LogP) is 13.6. The van der Waals surface area contributed by atoms with Crippen molar-refractivity contribution in [3.05, 3.63) is 136 Å². The van der Waals surface area contributed by atoms with Gasteiger partial charge in [-0.3, -0.25) is 4.79 Å². The lowest BCUT2D eigenvalue weighted by atomic mass is 9.98. The number of hydrogen-bond donors (Lipinski definition) is 3. The Kier molecular flexibility index (Phi) is 22.5. The third-order valence-electron chi connectivity index (χ3n) is 10.6.